The van der Waals surface area contributed by atoms with Gasteiger partial charge in [0.05, 0.1) is 11.3 Å². The summed E-state index contributed by atoms with van der Waals surface area (Å²) in [4.78, 5) is 25.8. The first-order valence-corrected chi connectivity index (χ1v) is 14.1. The number of carbonyl (C=O) groups is 1. The van der Waals surface area contributed by atoms with Gasteiger partial charge < -0.3 is 10.2 Å². The summed E-state index contributed by atoms with van der Waals surface area (Å²) in [5, 5.41) is 4.82. The molecule has 1 aromatic heterocycles. The third-order valence-corrected chi connectivity index (χ3v) is 8.56. The van der Waals surface area contributed by atoms with E-state index in [1.807, 2.05) is 18.2 Å². The van der Waals surface area contributed by atoms with E-state index in [-0.39, 0.29) is 17.9 Å². The molecule has 3 aromatic rings. The third kappa shape index (κ3) is 5.59. The molecular weight excluding hydrogens is 527 g/mol. The fourth-order valence-electron chi connectivity index (χ4n) is 5.77. The van der Waals surface area contributed by atoms with E-state index in [2.05, 4.69) is 29.3 Å². The van der Waals surface area contributed by atoms with Crippen LogP contribution >= 0.6 is 34.8 Å². The van der Waals surface area contributed by atoms with Crippen molar-refractivity contribution in [2.75, 3.05) is 18.0 Å². The predicted molar refractivity (Wildman–Crippen MR) is 151 cm³/mol. The summed E-state index contributed by atoms with van der Waals surface area (Å²) in [7, 11) is 0. The molecule has 2 aliphatic rings. The van der Waals surface area contributed by atoms with Crippen LogP contribution in [0.3, 0.4) is 0 Å². The van der Waals surface area contributed by atoms with Crippen molar-refractivity contribution in [3.63, 3.8) is 0 Å². The summed E-state index contributed by atoms with van der Waals surface area (Å²) in [5.41, 5.74) is 2.88. The lowest BCUT2D eigenvalue weighted by Crippen LogP contribution is -2.37. The molecule has 0 spiro atoms. The van der Waals surface area contributed by atoms with Gasteiger partial charge in [0.15, 0.2) is 0 Å². The highest BCUT2D eigenvalue weighted by atomic mass is 35.5. The SMILES string of the molecule is CC1CCCN(c2ncc(C(=O)NCc3ccc(Cl)cc3Cl)c(C3(c4ccc(Cl)cc4)CCCC3)n2)C1. The summed E-state index contributed by atoms with van der Waals surface area (Å²) in [6.45, 7) is 4.41. The molecule has 8 heteroatoms. The number of aromatic nitrogens is 2. The van der Waals surface area contributed by atoms with Gasteiger partial charge in [0.1, 0.15) is 0 Å². The number of piperidine rings is 1. The predicted octanol–water partition coefficient (Wildman–Crippen LogP) is 7.46. The van der Waals surface area contributed by atoms with Gasteiger partial charge in [-0.1, -0.05) is 72.8 Å². The number of amides is 1. The van der Waals surface area contributed by atoms with Gasteiger partial charge in [-0.3, -0.25) is 4.79 Å². The Bertz CT molecular complexity index is 1270. The fraction of sp³-hybridized carbons (Fsp3) is 0.414. The second-order valence-electron chi connectivity index (χ2n) is 10.3. The van der Waals surface area contributed by atoms with Crippen molar-refractivity contribution in [1.29, 1.82) is 0 Å². The maximum atomic E-state index is 13.6. The van der Waals surface area contributed by atoms with E-state index in [4.69, 9.17) is 44.8 Å². The molecule has 2 heterocycles. The van der Waals surface area contributed by atoms with Crippen LogP contribution in [0, 0.1) is 5.92 Å². The van der Waals surface area contributed by atoms with Crippen LogP contribution in [0.4, 0.5) is 5.95 Å². The van der Waals surface area contributed by atoms with Crippen LogP contribution < -0.4 is 10.2 Å². The summed E-state index contributed by atoms with van der Waals surface area (Å²) >= 11 is 18.6. The van der Waals surface area contributed by atoms with Gasteiger partial charge in [-0.25, -0.2) is 9.97 Å². The van der Waals surface area contributed by atoms with Crippen LogP contribution in [0.2, 0.25) is 15.1 Å². The number of hydrogen-bond donors (Lipinski definition) is 1. The molecule has 1 amide bonds. The average Bonchev–Trinajstić information content (AvgIpc) is 3.39. The Kier molecular flexibility index (Phi) is 7.94. The van der Waals surface area contributed by atoms with E-state index >= 15 is 0 Å². The Morgan fingerprint density at radius 1 is 1.05 bits per heavy atom. The minimum atomic E-state index is -0.367. The van der Waals surface area contributed by atoms with Crippen LogP contribution in [-0.4, -0.2) is 29.0 Å². The van der Waals surface area contributed by atoms with Crippen molar-refractivity contribution in [2.24, 2.45) is 5.92 Å². The topological polar surface area (TPSA) is 58.1 Å². The van der Waals surface area contributed by atoms with Gasteiger partial charge >= 0.3 is 0 Å². The zero-order chi connectivity index (χ0) is 26.0. The van der Waals surface area contributed by atoms with E-state index < -0.39 is 0 Å². The van der Waals surface area contributed by atoms with Gasteiger partial charge in [0, 0.05) is 46.3 Å². The Balaban J connectivity index is 1.54. The van der Waals surface area contributed by atoms with Gasteiger partial charge in [0.2, 0.25) is 5.95 Å². The van der Waals surface area contributed by atoms with Crippen molar-refractivity contribution in [3.8, 4) is 0 Å². The molecule has 1 atom stereocenters. The van der Waals surface area contributed by atoms with E-state index in [1.54, 1.807) is 18.3 Å². The second-order valence-corrected chi connectivity index (χ2v) is 11.6. The highest BCUT2D eigenvalue weighted by Crippen LogP contribution is 2.47. The molecule has 37 heavy (non-hydrogen) atoms. The van der Waals surface area contributed by atoms with E-state index in [0.29, 0.717) is 32.5 Å². The van der Waals surface area contributed by atoms with Gasteiger partial charge in [-0.05, 0) is 67.0 Å². The summed E-state index contributed by atoms with van der Waals surface area (Å²) < 4.78 is 0. The van der Waals surface area contributed by atoms with Gasteiger partial charge in [-0.15, -0.1) is 0 Å². The zero-order valence-electron chi connectivity index (χ0n) is 20.9. The molecule has 1 saturated carbocycles. The first-order chi connectivity index (χ1) is 17.9. The number of benzene rings is 2. The molecule has 5 nitrogen and oxygen atoms in total. The normalized spacial score (nSPS) is 19.1. The quantitative estimate of drug-likeness (QED) is 0.342. The highest BCUT2D eigenvalue weighted by molar-refractivity contribution is 6.35. The fourth-order valence-corrected chi connectivity index (χ4v) is 6.37. The van der Waals surface area contributed by atoms with Crippen LogP contribution in [0.15, 0.2) is 48.7 Å². The van der Waals surface area contributed by atoms with E-state index in [9.17, 15) is 4.79 Å². The van der Waals surface area contributed by atoms with Crippen molar-refractivity contribution in [3.05, 3.63) is 86.1 Å². The molecule has 0 bridgehead atoms. The third-order valence-electron chi connectivity index (χ3n) is 7.72. The summed E-state index contributed by atoms with van der Waals surface area (Å²) in [5.74, 6) is 1.09. The van der Waals surface area contributed by atoms with E-state index in [0.717, 1.165) is 62.0 Å². The molecule has 5 rings (SSSR count). The Morgan fingerprint density at radius 2 is 1.78 bits per heavy atom. The van der Waals surface area contributed by atoms with Crippen molar-refractivity contribution in [1.82, 2.24) is 15.3 Å². The number of nitrogens with zero attached hydrogens (tertiary/aromatic N) is 3. The zero-order valence-corrected chi connectivity index (χ0v) is 23.2. The Hall–Kier alpha value is -2.34. The first-order valence-electron chi connectivity index (χ1n) is 13.0. The number of anilines is 1. The first kappa shape index (κ1) is 26.3. The van der Waals surface area contributed by atoms with Crippen LogP contribution in [0.25, 0.3) is 0 Å². The minimum absolute atomic E-state index is 0.209. The lowest BCUT2D eigenvalue weighted by atomic mass is 9.74. The Labute approximate surface area is 233 Å². The molecule has 1 aliphatic heterocycles. The molecule has 1 aliphatic carbocycles. The maximum absolute atomic E-state index is 13.6. The van der Waals surface area contributed by atoms with Gasteiger partial charge in [-0.2, -0.15) is 0 Å². The van der Waals surface area contributed by atoms with Gasteiger partial charge in [0.25, 0.3) is 5.91 Å². The molecule has 2 aromatic carbocycles. The Morgan fingerprint density at radius 3 is 2.49 bits per heavy atom. The number of halogens is 3. The molecule has 194 valence electrons. The lowest BCUT2D eigenvalue weighted by Gasteiger charge is -2.34. The lowest BCUT2D eigenvalue weighted by molar-refractivity contribution is 0.0947. The number of rotatable bonds is 6. The molecular formula is C29H31Cl3N4O. The average molecular weight is 558 g/mol. The standard InChI is InChI=1S/C29H31Cl3N4O/c1-19-5-4-14-36(18-19)28-34-17-24(27(37)33-16-20-6-9-23(31)15-25(20)32)26(35-28)29(12-2-3-13-29)21-7-10-22(30)11-8-21/h6-11,15,17,19H,2-5,12-14,16,18H2,1H3,(H,33,37). The van der Waals surface area contributed by atoms with Crippen LogP contribution in [0.1, 0.15) is 72.6 Å². The number of nitrogens with one attached hydrogen (secondary N) is 1. The summed E-state index contributed by atoms with van der Waals surface area (Å²) in [6, 6.07) is 13.3. The van der Waals surface area contributed by atoms with Crippen molar-refractivity contribution < 1.29 is 4.79 Å². The minimum Gasteiger partial charge on any atom is -0.348 e. The monoisotopic (exact) mass is 556 g/mol. The van der Waals surface area contributed by atoms with Crippen molar-refractivity contribution >= 4 is 46.7 Å². The van der Waals surface area contributed by atoms with Crippen LogP contribution in [0.5, 0.6) is 0 Å². The van der Waals surface area contributed by atoms with Crippen molar-refractivity contribution in [2.45, 2.75) is 57.4 Å². The summed E-state index contributed by atoms with van der Waals surface area (Å²) in [6.07, 6.45) is 8.04. The second kappa shape index (κ2) is 11.2. The largest absolute Gasteiger partial charge is 0.348 e. The molecule has 0 radical (unpaired) electrons. The van der Waals surface area contributed by atoms with Crippen LogP contribution in [-0.2, 0) is 12.0 Å². The molecule has 1 saturated heterocycles. The maximum Gasteiger partial charge on any atom is 0.255 e. The molecule has 1 N–H and O–H groups in total. The van der Waals surface area contributed by atoms with E-state index in [1.165, 1.54) is 6.42 Å². The number of carbonyl (C=O) groups excluding carboxylic acids is 1. The molecule has 1 unspecified atom stereocenters. The highest BCUT2D eigenvalue weighted by Gasteiger charge is 2.42. The number of hydrogen-bond acceptors (Lipinski definition) is 4. The smallest absolute Gasteiger partial charge is 0.255 e. The molecule has 2 fully saturated rings.